The molecule has 0 heterocycles. The number of methoxy groups -OCH3 is 1. The van der Waals surface area contributed by atoms with E-state index in [9.17, 15) is 14.4 Å². The average molecular weight is 462 g/mol. The van der Waals surface area contributed by atoms with Gasteiger partial charge in [0.15, 0.2) is 0 Å². The number of nitrogens with one attached hydrogen (secondary N) is 3. The largest absolute Gasteiger partial charge is 0.496 e. The Labute approximate surface area is 192 Å². The fourth-order valence-corrected chi connectivity index (χ4v) is 2.82. The molecule has 3 N–H and O–H groups in total. The highest BCUT2D eigenvalue weighted by Crippen LogP contribution is 2.23. The first-order valence-corrected chi connectivity index (χ1v) is 10.4. The van der Waals surface area contributed by atoms with Gasteiger partial charge in [0.1, 0.15) is 11.4 Å². The summed E-state index contributed by atoms with van der Waals surface area (Å²) in [6.45, 7) is 5.80. The van der Waals surface area contributed by atoms with Gasteiger partial charge in [0, 0.05) is 30.2 Å². The molecule has 32 heavy (non-hydrogen) atoms. The van der Waals surface area contributed by atoms with E-state index in [4.69, 9.17) is 21.1 Å². The van der Waals surface area contributed by atoms with E-state index < -0.39 is 11.7 Å². The van der Waals surface area contributed by atoms with Crippen LogP contribution in [0.5, 0.6) is 5.75 Å². The molecule has 0 aliphatic heterocycles. The summed E-state index contributed by atoms with van der Waals surface area (Å²) in [6.07, 6.45) is -0.423. The molecule has 2 rings (SSSR count). The summed E-state index contributed by atoms with van der Waals surface area (Å²) in [5, 5.41) is 8.54. The predicted octanol–water partition coefficient (Wildman–Crippen LogP) is 4.13. The van der Waals surface area contributed by atoms with Crippen LogP contribution in [-0.2, 0) is 16.1 Å². The lowest BCUT2D eigenvalue weighted by Crippen LogP contribution is -2.35. The molecule has 0 aliphatic carbocycles. The van der Waals surface area contributed by atoms with Crippen molar-refractivity contribution in [3.8, 4) is 5.75 Å². The fraction of sp³-hybridized carbons (Fsp3) is 0.348. The van der Waals surface area contributed by atoms with E-state index in [2.05, 4.69) is 16.0 Å². The summed E-state index contributed by atoms with van der Waals surface area (Å²) in [5.41, 5.74) is 1.19. The quantitative estimate of drug-likeness (QED) is 0.548. The van der Waals surface area contributed by atoms with Crippen LogP contribution in [-0.4, -0.2) is 37.2 Å². The van der Waals surface area contributed by atoms with Crippen molar-refractivity contribution in [2.75, 3.05) is 19.0 Å². The average Bonchev–Trinajstić information content (AvgIpc) is 2.72. The first-order valence-electron chi connectivity index (χ1n) is 10.0. The molecule has 3 amide bonds. The van der Waals surface area contributed by atoms with E-state index in [0.717, 1.165) is 5.56 Å². The van der Waals surface area contributed by atoms with Crippen LogP contribution in [0, 0.1) is 0 Å². The maximum atomic E-state index is 12.5. The van der Waals surface area contributed by atoms with Gasteiger partial charge in [-0.25, -0.2) is 4.79 Å². The highest BCUT2D eigenvalue weighted by atomic mass is 35.5. The van der Waals surface area contributed by atoms with E-state index in [1.165, 1.54) is 13.2 Å². The molecule has 0 aliphatic rings. The first kappa shape index (κ1) is 25.0. The van der Waals surface area contributed by atoms with E-state index in [1.807, 2.05) is 0 Å². The molecule has 172 valence electrons. The molecule has 9 heteroatoms. The number of benzene rings is 2. The van der Waals surface area contributed by atoms with Gasteiger partial charge in [-0.1, -0.05) is 23.7 Å². The number of halogens is 1. The zero-order chi connectivity index (χ0) is 23.7. The topological polar surface area (TPSA) is 106 Å². The van der Waals surface area contributed by atoms with Crippen molar-refractivity contribution in [1.82, 2.24) is 10.6 Å². The zero-order valence-corrected chi connectivity index (χ0v) is 19.3. The molecule has 0 spiro atoms. The van der Waals surface area contributed by atoms with Crippen LogP contribution in [0.3, 0.4) is 0 Å². The second kappa shape index (κ2) is 11.4. The van der Waals surface area contributed by atoms with Gasteiger partial charge in [-0.2, -0.15) is 0 Å². The Balaban J connectivity index is 1.79. The lowest BCUT2D eigenvalue weighted by molar-refractivity contribution is -0.121. The fourth-order valence-electron chi connectivity index (χ4n) is 2.64. The second-order valence-corrected chi connectivity index (χ2v) is 8.39. The van der Waals surface area contributed by atoms with Crippen molar-refractivity contribution < 1.29 is 23.9 Å². The van der Waals surface area contributed by atoms with Crippen LogP contribution >= 0.6 is 11.6 Å². The predicted molar refractivity (Wildman–Crippen MR) is 123 cm³/mol. The van der Waals surface area contributed by atoms with Crippen molar-refractivity contribution in [1.29, 1.82) is 0 Å². The number of hydrogen-bond donors (Lipinski definition) is 3. The van der Waals surface area contributed by atoms with Gasteiger partial charge in [-0.05, 0) is 56.7 Å². The molecule has 2 aromatic rings. The van der Waals surface area contributed by atoms with Gasteiger partial charge in [0.25, 0.3) is 5.91 Å². The van der Waals surface area contributed by atoms with Crippen LogP contribution in [0.4, 0.5) is 10.5 Å². The SMILES string of the molecule is COc1ccc(Cl)cc1C(=O)Nc1ccc(CNC(=O)CCNC(=O)OC(C)(C)C)cc1. The highest BCUT2D eigenvalue weighted by molar-refractivity contribution is 6.31. The molecule has 2 aromatic carbocycles. The van der Waals surface area contributed by atoms with Crippen molar-refractivity contribution in [3.05, 3.63) is 58.6 Å². The molecule has 0 aromatic heterocycles. The zero-order valence-electron chi connectivity index (χ0n) is 18.6. The summed E-state index contributed by atoms with van der Waals surface area (Å²) >= 11 is 5.98. The van der Waals surface area contributed by atoms with Gasteiger partial charge in [-0.15, -0.1) is 0 Å². The maximum Gasteiger partial charge on any atom is 0.407 e. The third kappa shape index (κ3) is 8.47. The molecule has 0 radical (unpaired) electrons. The van der Waals surface area contributed by atoms with E-state index in [1.54, 1.807) is 57.2 Å². The lowest BCUT2D eigenvalue weighted by atomic mass is 10.1. The van der Waals surface area contributed by atoms with Crippen LogP contribution in [0.1, 0.15) is 43.1 Å². The molecular formula is C23H28ClN3O5. The highest BCUT2D eigenvalue weighted by Gasteiger charge is 2.16. The maximum absolute atomic E-state index is 12.5. The van der Waals surface area contributed by atoms with Gasteiger partial charge in [0.2, 0.25) is 5.91 Å². The minimum absolute atomic E-state index is 0.134. The first-order chi connectivity index (χ1) is 15.1. The van der Waals surface area contributed by atoms with Gasteiger partial charge in [-0.3, -0.25) is 9.59 Å². The monoisotopic (exact) mass is 461 g/mol. The van der Waals surface area contributed by atoms with Crippen LogP contribution < -0.4 is 20.7 Å². The number of rotatable bonds is 8. The van der Waals surface area contributed by atoms with E-state index >= 15 is 0 Å². The number of anilines is 1. The Morgan fingerprint density at radius 3 is 2.31 bits per heavy atom. The number of alkyl carbamates (subject to hydrolysis) is 1. The van der Waals surface area contributed by atoms with E-state index in [-0.39, 0.29) is 24.8 Å². The molecule has 0 bridgehead atoms. The van der Waals surface area contributed by atoms with Crippen LogP contribution in [0.15, 0.2) is 42.5 Å². The van der Waals surface area contributed by atoms with E-state index in [0.29, 0.717) is 28.6 Å². The molecule has 0 saturated heterocycles. The van der Waals surface area contributed by atoms with Crippen LogP contribution in [0.25, 0.3) is 0 Å². The molecule has 0 atom stereocenters. The van der Waals surface area contributed by atoms with Gasteiger partial charge >= 0.3 is 6.09 Å². The number of ether oxygens (including phenoxy) is 2. The van der Waals surface area contributed by atoms with Crippen molar-refractivity contribution in [3.63, 3.8) is 0 Å². The van der Waals surface area contributed by atoms with Gasteiger partial charge in [0.05, 0.1) is 12.7 Å². The van der Waals surface area contributed by atoms with Gasteiger partial charge < -0.3 is 25.4 Å². The Bertz CT molecular complexity index is 955. The molecular weight excluding hydrogens is 434 g/mol. The summed E-state index contributed by atoms with van der Waals surface area (Å²) in [7, 11) is 1.48. The second-order valence-electron chi connectivity index (χ2n) is 7.95. The standard InChI is InChI=1S/C23H28ClN3O5/c1-23(2,3)32-22(30)25-12-11-20(28)26-14-15-5-8-17(9-6-15)27-21(29)18-13-16(24)7-10-19(18)31-4/h5-10,13H,11-12,14H2,1-4H3,(H,25,30)(H,26,28)(H,27,29). The third-order valence-corrected chi connectivity index (χ3v) is 4.36. The molecule has 0 saturated carbocycles. The normalized spacial score (nSPS) is 10.8. The number of carbonyl (C=O) groups excluding carboxylic acids is 3. The minimum atomic E-state index is -0.585. The van der Waals surface area contributed by atoms with Crippen molar-refractivity contribution in [2.24, 2.45) is 0 Å². The summed E-state index contributed by atoms with van der Waals surface area (Å²) in [6, 6.07) is 11.9. The lowest BCUT2D eigenvalue weighted by Gasteiger charge is -2.19. The Kier molecular flexibility index (Phi) is 8.90. The number of hydrogen-bond acceptors (Lipinski definition) is 5. The smallest absolute Gasteiger partial charge is 0.407 e. The molecule has 0 fully saturated rings. The molecule has 0 unspecified atom stereocenters. The molecule has 8 nitrogen and oxygen atoms in total. The minimum Gasteiger partial charge on any atom is -0.496 e. The summed E-state index contributed by atoms with van der Waals surface area (Å²) < 4.78 is 10.3. The Morgan fingerprint density at radius 1 is 1.00 bits per heavy atom. The van der Waals surface area contributed by atoms with Crippen molar-refractivity contribution >= 4 is 35.2 Å². The number of amides is 3. The third-order valence-electron chi connectivity index (χ3n) is 4.13. The number of carbonyl (C=O) groups is 3. The summed E-state index contributed by atoms with van der Waals surface area (Å²) in [4.78, 5) is 36.0. The Hall–Kier alpha value is -3.26. The Morgan fingerprint density at radius 2 is 1.69 bits per heavy atom. The summed E-state index contributed by atoms with van der Waals surface area (Å²) in [5.74, 6) is -0.123. The van der Waals surface area contributed by atoms with Crippen molar-refractivity contribution in [2.45, 2.75) is 39.3 Å². The van der Waals surface area contributed by atoms with Crippen LogP contribution in [0.2, 0.25) is 5.02 Å².